The fourth-order valence-corrected chi connectivity index (χ4v) is 3.47. The van der Waals surface area contributed by atoms with Crippen LogP contribution in [0.5, 0.6) is 0 Å². The number of pyridine rings is 1. The van der Waals surface area contributed by atoms with Crippen LogP contribution in [-0.2, 0) is 0 Å². The lowest BCUT2D eigenvalue weighted by molar-refractivity contribution is 0.322. The van der Waals surface area contributed by atoms with Gasteiger partial charge in [0, 0.05) is 25.5 Å². The van der Waals surface area contributed by atoms with Gasteiger partial charge in [-0.2, -0.15) is 5.26 Å². The summed E-state index contributed by atoms with van der Waals surface area (Å²) in [5, 5.41) is 10.2. The van der Waals surface area contributed by atoms with Crippen LogP contribution >= 0.6 is 0 Å². The minimum atomic E-state index is 0.552. The lowest BCUT2D eigenvalue weighted by atomic mass is 9.85. The van der Waals surface area contributed by atoms with Crippen molar-refractivity contribution in [2.45, 2.75) is 38.6 Å². The van der Waals surface area contributed by atoms with Gasteiger partial charge < -0.3 is 9.88 Å². The van der Waals surface area contributed by atoms with Crippen LogP contribution in [0, 0.1) is 17.2 Å². The Kier molecular flexibility index (Phi) is 3.35. The molecule has 1 fully saturated rings. The molecule has 1 aliphatic carbocycles. The monoisotopic (exact) mass is 268 g/mol. The molecule has 4 nitrogen and oxygen atoms in total. The van der Waals surface area contributed by atoms with Crippen LogP contribution in [0.3, 0.4) is 0 Å². The summed E-state index contributed by atoms with van der Waals surface area (Å²) in [5.74, 6) is 0.696. The maximum absolute atomic E-state index is 9.28. The van der Waals surface area contributed by atoms with Gasteiger partial charge in [-0.3, -0.25) is 0 Å². The van der Waals surface area contributed by atoms with Crippen LogP contribution in [0.1, 0.15) is 38.2 Å². The molecule has 20 heavy (non-hydrogen) atoms. The summed E-state index contributed by atoms with van der Waals surface area (Å²) in [7, 11) is 2.15. The van der Waals surface area contributed by atoms with Gasteiger partial charge in [0.15, 0.2) is 0 Å². The van der Waals surface area contributed by atoms with E-state index in [-0.39, 0.29) is 0 Å². The number of anilines is 1. The highest BCUT2D eigenvalue weighted by Crippen LogP contribution is 2.34. The predicted molar refractivity (Wildman–Crippen MR) is 80.6 cm³/mol. The molecular weight excluding hydrogens is 248 g/mol. The van der Waals surface area contributed by atoms with Gasteiger partial charge in [0.25, 0.3) is 0 Å². The molecule has 2 aromatic heterocycles. The predicted octanol–water partition coefficient (Wildman–Crippen LogP) is 3.45. The molecule has 1 aliphatic rings. The lowest BCUT2D eigenvalue weighted by Gasteiger charge is -2.38. The molecule has 104 valence electrons. The number of H-pyrrole nitrogens is 1. The Morgan fingerprint density at radius 1 is 1.40 bits per heavy atom. The molecule has 1 N–H and O–H groups in total. The Morgan fingerprint density at radius 2 is 2.20 bits per heavy atom. The van der Waals surface area contributed by atoms with E-state index in [4.69, 9.17) is 0 Å². The number of nitrogens with zero attached hydrogens (tertiary/aromatic N) is 3. The van der Waals surface area contributed by atoms with Crippen molar-refractivity contribution in [2.75, 3.05) is 11.9 Å². The summed E-state index contributed by atoms with van der Waals surface area (Å²) in [4.78, 5) is 9.76. The van der Waals surface area contributed by atoms with E-state index in [1.165, 1.54) is 25.7 Å². The summed E-state index contributed by atoms with van der Waals surface area (Å²) in [6.45, 7) is 2.33. The molecule has 0 radical (unpaired) electrons. The minimum Gasteiger partial charge on any atom is -0.371 e. The maximum atomic E-state index is 9.28. The Labute approximate surface area is 119 Å². The van der Waals surface area contributed by atoms with Crippen LogP contribution < -0.4 is 4.90 Å². The third kappa shape index (κ3) is 2.03. The zero-order valence-electron chi connectivity index (χ0n) is 12.1. The van der Waals surface area contributed by atoms with Crippen LogP contribution in [0.4, 0.5) is 5.69 Å². The number of nitrogens with one attached hydrogen (secondary N) is 1. The van der Waals surface area contributed by atoms with Crippen molar-refractivity contribution in [1.82, 2.24) is 9.97 Å². The smallest absolute Gasteiger partial charge is 0.140 e. The van der Waals surface area contributed by atoms with E-state index < -0.39 is 0 Å². The van der Waals surface area contributed by atoms with Gasteiger partial charge >= 0.3 is 0 Å². The number of hydrogen-bond acceptors (Lipinski definition) is 3. The first kappa shape index (κ1) is 13.0. The molecule has 3 rings (SSSR count). The molecule has 0 unspecified atom stereocenters. The molecule has 0 amide bonds. The fraction of sp³-hybridized carbons (Fsp3) is 0.500. The molecule has 2 aromatic rings. The van der Waals surface area contributed by atoms with Gasteiger partial charge in [-0.05, 0) is 24.8 Å². The van der Waals surface area contributed by atoms with E-state index >= 15 is 0 Å². The fourth-order valence-electron chi connectivity index (χ4n) is 3.47. The molecule has 0 aliphatic heterocycles. The van der Waals surface area contributed by atoms with Crippen molar-refractivity contribution in [3.8, 4) is 6.07 Å². The molecular formula is C16H20N4. The topological polar surface area (TPSA) is 55.7 Å². The third-order valence-corrected chi connectivity index (χ3v) is 4.62. The second-order valence-electron chi connectivity index (χ2n) is 5.81. The minimum absolute atomic E-state index is 0.552. The van der Waals surface area contributed by atoms with Crippen LogP contribution in [0.2, 0.25) is 0 Å². The van der Waals surface area contributed by atoms with Crippen molar-refractivity contribution in [1.29, 1.82) is 5.26 Å². The van der Waals surface area contributed by atoms with Crippen LogP contribution in [0.25, 0.3) is 11.0 Å². The number of aromatic amines is 1. The Balaban J connectivity index is 2.05. The SMILES string of the molecule is C[C@@H]1CCCC[C@@H]1N(C)c1ccnc2[nH]cc(C#N)c12. The van der Waals surface area contributed by atoms with Crippen molar-refractivity contribution in [3.05, 3.63) is 24.0 Å². The second kappa shape index (κ2) is 5.16. The molecule has 1 saturated carbocycles. The summed E-state index contributed by atoms with van der Waals surface area (Å²) in [6, 6.07) is 4.84. The molecule has 2 atom stereocenters. The zero-order chi connectivity index (χ0) is 14.1. The first-order valence-corrected chi connectivity index (χ1v) is 7.31. The van der Waals surface area contributed by atoms with Gasteiger partial charge in [-0.15, -0.1) is 0 Å². The van der Waals surface area contributed by atoms with Crippen LogP contribution in [0.15, 0.2) is 18.5 Å². The molecule has 2 heterocycles. The highest BCUT2D eigenvalue weighted by atomic mass is 15.1. The third-order valence-electron chi connectivity index (χ3n) is 4.62. The van der Waals surface area contributed by atoms with Crippen LogP contribution in [-0.4, -0.2) is 23.1 Å². The number of fused-ring (bicyclic) bond motifs is 1. The largest absolute Gasteiger partial charge is 0.371 e. The number of aromatic nitrogens is 2. The highest BCUT2D eigenvalue weighted by molar-refractivity contribution is 5.94. The Morgan fingerprint density at radius 3 is 2.95 bits per heavy atom. The molecule has 0 saturated heterocycles. The maximum Gasteiger partial charge on any atom is 0.140 e. The number of rotatable bonds is 2. The van der Waals surface area contributed by atoms with Crippen molar-refractivity contribution >= 4 is 16.7 Å². The van der Waals surface area contributed by atoms with E-state index in [1.807, 2.05) is 12.3 Å². The van der Waals surface area contributed by atoms with E-state index in [1.54, 1.807) is 6.20 Å². The van der Waals surface area contributed by atoms with Crippen molar-refractivity contribution in [3.63, 3.8) is 0 Å². The first-order valence-electron chi connectivity index (χ1n) is 7.31. The lowest BCUT2D eigenvalue weighted by Crippen LogP contribution is -2.39. The zero-order valence-corrected chi connectivity index (χ0v) is 12.1. The average Bonchev–Trinajstić information content (AvgIpc) is 2.90. The Bertz CT molecular complexity index is 652. The summed E-state index contributed by atoms with van der Waals surface area (Å²) >= 11 is 0. The van der Waals surface area contributed by atoms with E-state index in [0.29, 0.717) is 17.5 Å². The number of hydrogen-bond donors (Lipinski definition) is 1. The van der Waals surface area contributed by atoms with Crippen molar-refractivity contribution in [2.24, 2.45) is 5.92 Å². The summed E-state index contributed by atoms with van der Waals surface area (Å²) < 4.78 is 0. The molecule has 0 aromatic carbocycles. The van der Waals surface area contributed by atoms with Gasteiger partial charge in [0.1, 0.15) is 11.7 Å². The number of nitriles is 1. The molecule has 0 bridgehead atoms. The quantitative estimate of drug-likeness (QED) is 0.907. The van der Waals surface area contributed by atoms with Gasteiger partial charge in [-0.25, -0.2) is 4.98 Å². The standard InChI is InChI=1S/C16H20N4/c1-11-5-3-4-6-13(11)20(2)14-7-8-18-16-15(14)12(9-17)10-19-16/h7-8,10-11,13H,3-6H2,1-2H3,(H,18,19)/t11-,13+/m1/s1. The normalized spacial score (nSPS) is 22.6. The highest BCUT2D eigenvalue weighted by Gasteiger charge is 2.26. The molecule has 0 spiro atoms. The van der Waals surface area contributed by atoms with Gasteiger partial charge in [0.2, 0.25) is 0 Å². The van der Waals surface area contributed by atoms with E-state index in [0.717, 1.165) is 16.7 Å². The van der Waals surface area contributed by atoms with E-state index in [2.05, 4.69) is 34.9 Å². The van der Waals surface area contributed by atoms with E-state index in [9.17, 15) is 5.26 Å². The summed E-state index contributed by atoms with van der Waals surface area (Å²) in [5.41, 5.74) is 2.60. The van der Waals surface area contributed by atoms with Gasteiger partial charge in [-0.1, -0.05) is 19.8 Å². The van der Waals surface area contributed by atoms with Gasteiger partial charge in [0.05, 0.1) is 16.6 Å². The first-order chi connectivity index (χ1) is 9.72. The summed E-state index contributed by atoms with van der Waals surface area (Å²) in [6.07, 6.45) is 8.73. The average molecular weight is 268 g/mol. The van der Waals surface area contributed by atoms with Crippen molar-refractivity contribution < 1.29 is 0 Å². The second-order valence-corrected chi connectivity index (χ2v) is 5.81. The molecule has 4 heteroatoms. The Hall–Kier alpha value is -2.02.